The van der Waals surface area contributed by atoms with Crippen molar-refractivity contribution in [1.29, 1.82) is 0 Å². The molecule has 0 saturated heterocycles. The molecule has 0 aliphatic heterocycles. The molecule has 18 heavy (non-hydrogen) atoms. The first kappa shape index (κ1) is 10.6. The van der Waals surface area contributed by atoms with Gasteiger partial charge in [-0.15, -0.1) is 0 Å². The molecule has 0 aliphatic rings. The molecule has 3 nitrogen and oxygen atoms in total. The third kappa shape index (κ3) is 1.98. The summed E-state index contributed by atoms with van der Waals surface area (Å²) in [6.07, 6.45) is 0. The van der Waals surface area contributed by atoms with Gasteiger partial charge in [0.1, 0.15) is 11.5 Å². The maximum Gasteiger partial charge on any atom is 0.248 e. The van der Waals surface area contributed by atoms with Crippen LogP contribution in [0.4, 0.5) is 0 Å². The van der Waals surface area contributed by atoms with Gasteiger partial charge in [-0.3, -0.25) is 4.79 Å². The first-order chi connectivity index (χ1) is 8.83. The molecule has 1 heterocycles. The second-order valence-electron chi connectivity index (χ2n) is 3.96. The SMILES string of the molecule is O=c1ccc2c(Oc3ccccc3)cccc2[nH]1. The smallest absolute Gasteiger partial charge is 0.248 e. The number of nitrogens with one attached hydrogen (secondary N) is 1. The van der Waals surface area contributed by atoms with Crippen LogP contribution in [0.15, 0.2) is 65.5 Å². The monoisotopic (exact) mass is 237 g/mol. The number of fused-ring (bicyclic) bond motifs is 1. The minimum Gasteiger partial charge on any atom is -0.457 e. The summed E-state index contributed by atoms with van der Waals surface area (Å²) < 4.78 is 5.81. The molecule has 1 aromatic heterocycles. The van der Waals surface area contributed by atoms with Gasteiger partial charge in [0.25, 0.3) is 0 Å². The molecule has 0 fully saturated rings. The minimum absolute atomic E-state index is 0.112. The number of aromatic nitrogens is 1. The van der Waals surface area contributed by atoms with Gasteiger partial charge in [-0.25, -0.2) is 0 Å². The molecule has 88 valence electrons. The summed E-state index contributed by atoms with van der Waals surface area (Å²) in [5.74, 6) is 1.51. The Hall–Kier alpha value is -2.55. The van der Waals surface area contributed by atoms with Gasteiger partial charge in [0.15, 0.2) is 0 Å². The number of para-hydroxylation sites is 1. The average molecular weight is 237 g/mol. The predicted octanol–water partition coefficient (Wildman–Crippen LogP) is 3.32. The van der Waals surface area contributed by atoms with Crippen LogP contribution in [-0.4, -0.2) is 4.98 Å². The lowest BCUT2D eigenvalue weighted by molar-refractivity contribution is 0.488. The molecule has 1 N–H and O–H groups in total. The van der Waals surface area contributed by atoms with E-state index in [1.165, 1.54) is 6.07 Å². The van der Waals surface area contributed by atoms with E-state index in [1.807, 2.05) is 48.5 Å². The van der Waals surface area contributed by atoms with Crippen LogP contribution >= 0.6 is 0 Å². The van der Waals surface area contributed by atoms with Gasteiger partial charge in [-0.05, 0) is 30.3 Å². The zero-order valence-electron chi connectivity index (χ0n) is 9.59. The number of pyridine rings is 1. The first-order valence-corrected chi connectivity index (χ1v) is 5.68. The van der Waals surface area contributed by atoms with Crippen molar-refractivity contribution in [3.8, 4) is 11.5 Å². The van der Waals surface area contributed by atoms with Crippen LogP contribution < -0.4 is 10.3 Å². The minimum atomic E-state index is -0.112. The Morgan fingerprint density at radius 2 is 1.67 bits per heavy atom. The van der Waals surface area contributed by atoms with E-state index in [0.29, 0.717) is 0 Å². The van der Waals surface area contributed by atoms with Crippen molar-refractivity contribution in [2.45, 2.75) is 0 Å². The van der Waals surface area contributed by atoms with Crippen LogP contribution in [0.1, 0.15) is 0 Å². The topological polar surface area (TPSA) is 42.1 Å². The number of benzene rings is 2. The molecule has 3 rings (SSSR count). The number of hydrogen-bond acceptors (Lipinski definition) is 2. The lowest BCUT2D eigenvalue weighted by Crippen LogP contribution is -2.02. The first-order valence-electron chi connectivity index (χ1n) is 5.68. The molecular formula is C15H11NO2. The molecule has 3 aromatic rings. The van der Waals surface area contributed by atoms with Gasteiger partial charge >= 0.3 is 0 Å². The van der Waals surface area contributed by atoms with Crippen LogP contribution in [0.25, 0.3) is 10.9 Å². The summed E-state index contributed by atoms with van der Waals surface area (Å²) in [6.45, 7) is 0. The Morgan fingerprint density at radius 1 is 0.833 bits per heavy atom. The van der Waals surface area contributed by atoms with E-state index in [4.69, 9.17) is 4.74 Å². The van der Waals surface area contributed by atoms with Crippen molar-refractivity contribution in [3.05, 3.63) is 71.0 Å². The lowest BCUT2D eigenvalue weighted by atomic mass is 10.2. The number of aromatic amines is 1. The summed E-state index contributed by atoms with van der Waals surface area (Å²) in [4.78, 5) is 14.0. The predicted molar refractivity (Wildman–Crippen MR) is 71.1 cm³/mol. The Balaban J connectivity index is 2.10. The second-order valence-corrected chi connectivity index (χ2v) is 3.96. The highest BCUT2D eigenvalue weighted by atomic mass is 16.5. The van der Waals surface area contributed by atoms with Crippen LogP contribution in [-0.2, 0) is 0 Å². The molecule has 3 heteroatoms. The van der Waals surface area contributed by atoms with E-state index in [1.54, 1.807) is 6.07 Å². The zero-order chi connectivity index (χ0) is 12.4. The van der Waals surface area contributed by atoms with E-state index < -0.39 is 0 Å². The lowest BCUT2D eigenvalue weighted by Gasteiger charge is -2.08. The standard InChI is InChI=1S/C15H11NO2/c17-15-10-9-12-13(16-15)7-4-8-14(12)18-11-5-2-1-3-6-11/h1-10H,(H,16,17). The summed E-state index contributed by atoms with van der Waals surface area (Å²) in [5, 5.41) is 0.890. The highest BCUT2D eigenvalue weighted by molar-refractivity contribution is 5.85. The van der Waals surface area contributed by atoms with Gasteiger partial charge in [0.2, 0.25) is 5.56 Å². The van der Waals surface area contributed by atoms with E-state index in [9.17, 15) is 4.79 Å². The van der Waals surface area contributed by atoms with E-state index in [-0.39, 0.29) is 5.56 Å². The van der Waals surface area contributed by atoms with Crippen LogP contribution in [0.3, 0.4) is 0 Å². The van der Waals surface area contributed by atoms with Gasteiger partial charge < -0.3 is 9.72 Å². The molecule has 0 bridgehead atoms. The third-order valence-corrected chi connectivity index (χ3v) is 2.70. The molecule has 0 amide bonds. The van der Waals surface area contributed by atoms with Crippen molar-refractivity contribution in [2.75, 3.05) is 0 Å². The summed E-state index contributed by atoms with van der Waals surface area (Å²) in [5.41, 5.74) is 0.662. The van der Waals surface area contributed by atoms with Gasteiger partial charge in [-0.1, -0.05) is 24.3 Å². The molecule has 0 atom stereocenters. The number of hydrogen-bond donors (Lipinski definition) is 1. The maximum absolute atomic E-state index is 11.3. The third-order valence-electron chi connectivity index (χ3n) is 2.70. The van der Waals surface area contributed by atoms with Crippen LogP contribution in [0.2, 0.25) is 0 Å². The fraction of sp³-hybridized carbons (Fsp3) is 0. The van der Waals surface area contributed by atoms with Crippen molar-refractivity contribution < 1.29 is 4.74 Å². The Kier molecular flexibility index (Phi) is 2.57. The number of H-pyrrole nitrogens is 1. The largest absolute Gasteiger partial charge is 0.457 e. The molecule has 0 saturated carbocycles. The van der Waals surface area contributed by atoms with Gasteiger partial charge in [-0.2, -0.15) is 0 Å². The number of rotatable bonds is 2. The Labute approximate surface area is 104 Å². The Bertz CT molecular complexity index is 732. The molecule has 0 radical (unpaired) electrons. The van der Waals surface area contributed by atoms with E-state index >= 15 is 0 Å². The summed E-state index contributed by atoms with van der Waals surface area (Å²) >= 11 is 0. The fourth-order valence-electron chi connectivity index (χ4n) is 1.86. The molecule has 2 aromatic carbocycles. The summed E-state index contributed by atoms with van der Waals surface area (Å²) in [7, 11) is 0. The van der Waals surface area contributed by atoms with Crippen molar-refractivity contribution >= 4 is 10.9 Å². The molecule has 0 spiro atoms. The van der Waals surface area contributed by atoms with E-state index in [2.05, 4.69) is 4.98 Å². The Morgan fingerprint density at radius 3 is 2.50 bits per heavy atom. The number of ether oxygens (including phenoxy) is 1. The normalized spacial score (nSPS) is 10.4. The second kappa shape index (κ2) is 4.37. The van der Waals surface area contributed by atoms with Crippen LogP contribution in [0.5, 0.6) is 11.5 Å². The van der Waals surface area contributed by atoms with Crippen molar-refractivity contribution in [2.24, 2.45) is 0 Å². The average Bonchev–Trinajstić information content (AvgIpc) is 2.40. The van der Waals surface area contributed by atoms with Crippen molar-refractivity contribution in [1.82, 2.24) is 4.98 Å². The maximum atomic E-state index is 11.3. The van der Waals surface area contributed by atoms with E-state index in [0.717, 1.165) is 22.4 Å². The fourth-order valence-corrected chi connectivity index (χ4v) is 1.86. The zero-order valence-corrected chi connectivity index (χ0v) is 9.59. The summed E-state index contributed by atoms with van der Waals surface area (Å²) in [6, 6.07) is 18.4. The van der Waals surface area contributed by atoms with Crippen LogP contribution in [0, 0.1) is 0 Å². The molecule has 0 unspecified atom stereocenters. The van der Waals surface area contributed by atoms with Gasteiger partial charge in [0, 0.05) is 11.5 Å². The highest BCUT2D eigenvalue weighted by Crippen LogP contribution is 2.27. The van der Waals surface area contributed by atoms with Crippen molar-refractivity contribution in [3.63, 3.8) is 0 Å². The highest BCUT2D eigenvalue weighted by Gasteiger charge is 2.03. The molecular weight excluding hydrogens is 226 g/mol. The van der Waals surface area contributed by atoms with Gasteiger partial charge in [0.05, 0.1) is 5.52 Å². The molecule has 0 aliphatic carbocycles. The quantitative estimate of drug-likeness (QED) is 0.742.